The molecule has 2 fully saturated rings. The molecule has 8 heteroatoms. The lowest BCUT2D eigenvalue weighted by Gasteiger charge is -2.34. The summed E-state index contributed by atoms with van der Waals surface area (Å²) in [5.74, 6) is 2.29. The third-order valence-corrected chi connectivity index (χ3v) is 5.21. The third kappa shape index (κ3) is 4.12. The maximum Gasteiger partial charge on any atom is 0.232 e. The van der Waals surface area contributed by atoms with Crippen molar-refractivity contribution in [3.05, 3.63) is 36.0 Å². The van der Waals surface area contributed by atoms with Crippen LogP contribution in [0.1, 0.15) is 43.3 Å². The van der Waals surface area contributed by atoms with E-state index in [1.807, 2.05) is 12.1 Å². The van der Waals surface area contributed by atoms with Crippen molar-refractivity contribution in [2.75, 3.05) is 25.1 Å². The van der Waals surface area contributed by atoms with Crippen LogP contribution in [0.2, 0.25) is 0 Å². The van der Waals surface area contributed by atoms with E-state index in [0.717, 1.165) is 12.8 Å². The Kier molecular flexibility index (Phi) is 5.09. The van der Waals surface area contributed by atoms with Gasteiger partial charge in [0.1, 0.15) is 5.75 Å². The number of anilines is 1. The minimum absolute atomic E-state index is 0.0543. The van der Waals surface area contributed by atoms with Crippen LogP contribution in [0.15, 0.2) is 28.8 Å². The second-order valence-corrected chi connectivity index (χ2v) is 7.19. The fourth-order valence-electron chi connectivity index (χ4n) is 3.15. The van der Waals surface area contributed by atoms with Gasteiger partial charge in [-0.1, -0.05) is 5.16 Å². The number of carbonyl (C=O) groups excluding carboxylic acids is 1. The molecule has 0 radical (unpaired) electrons. The van der Waals surface area contributed by atoms with Gasteiger partial charge in [-0.25, -0.2) is 0 Å². The zero-order valence-corrected chi connectivity index (χ0v) is 15.1. The second-order valence-electron chi connectivity index (χ2n) is 7.19. The van der Waals surface area contributed by atoms with Crippen LogP contribution in [0.5, 0.6) is 5.75 Å². The molecule has 0 bridgehead atoms. The summed E-state index contributed by atoms with van der Waals surface area (Å²) >= 11 is 0. The van der Waals surface area contributed by atoms with E-state index in [-0.39, 0.29) is 12.5 Å². The molecule has 2 aromatic rings. The van der Waals surface area contributed by atoms with Crippen LogP contribution in [0, 0.1) is 5.41 Å². The number of amides is 1. The van der Waals surface area contributed by atoms with Crippen LogP contribution in [-0.2, 0) is 16.1 Å². The number of aromatic nitrogens is 2. The summed E-state index contributed by atoms with van der Waals surface area (Å²) in [6, 6.07) is 7.22. The summed E-state index contributed by atoms with van der Waals surface area (Å²) in [5, 5.41) is 6.89. The number of rotatable bonds is 7. The molecule has 3 N–H and O–H groups in total. The molecular formula is C19H24N4O4. The van der Waals surface area contributed by atoms with E-state index >= 15 is 0 Å². The van der Waals surface area contributed by atoms with Gasteiger partial charge in [0.25, 0.3) is 0 Å². The number of nitrogens with one attached hydrogen (secondary N) is 1. The van der Waals surface area contributed by atoms with Crippen molar-refractivity contribution in [3.63, 3.8) is 0 Å². The van der Waals surface area contributed by atoms with Gasteiger partial charge in [-0.2, -0.15) is 4.98 Å². The van der Waals surface area contributed by atoms with Crippen LogP contribution in [-0.4, -0.2) is 35.8 Å². The molecule has 0 unspecified atom stereocenters. The molecule has 1 aromatic heterocycles. The topological polar surface area (TPSA) is 113 Å². The average Bonchev–Trinajstić information content (AvgIpc) is 3.46. The smallest absolute Gasteiger partial charge is 0.232 e. The Morgan fingerprint density at radius 2 is 2.00 bits per heavy atom. The lowest BCUT2D eigenvalue weighted by Crippen LogP contribution is -2.46. The first-order valence-corrected chi connectivity index (χ1v) is 9.33. The molecule has 0 spiro atoms. The summed E-state index contributed by atoms with van der Waals surface area (Å²) in [6.45, 7) is 1.70. The summed E-state index contributed by atoms with van der Waals surface area (Å²) in [7, 11) is 0. The maximum atomic E-state index is 12.7. The molecule has 1 amide bonds. The third-order valence-electron chi connectivity index (χ3n) is 5.21. The fraction of sp³-hybridized carbons (Fsp3) is 0.526. The average molecular weight is 372 g/mol. The minimum atomic E-state index is -0.550. The first kappa shape index (κ1) is 17.9. The Morgan fingerprint density at radius 1 is 1.26 bits per heavy atom. The largest absolute Gasteiger partial charge is 0.485 e. The van der Waals surface area contributed by atoms with Crippen molar-refractivity contribution in [1.82, 2.24) is 10.1 Å². The molecule has 1 aromatic carbocycles. The number of nitrogens with zero attached hydrogens (tertiary/aromatic N) is 2. The van der Waals surface area contributed by atoms with Crippen molar-refractivity contribution in [1.29, 1.82) is 0 Å². The van der Waals surface area contributed by atoms with Gasteiger partial charge >= 0.3 is 0 Å². The number of benzene rings is 1. The standard InChI is InChI=1S/C19H24N4O4/c20-12-19(7-9-25-10-8-19)18(24)21-14-3-5-15(6-4-14)26-11-16-22-17(27-23-16)13-1-2-13/h3-6,13H,1-2,7-12,20H2,(H,21,24). The normalized spacial score (nSPS) is 18.9. The summed E-state index contributed by atoms with van der Waals surface area (Å²) in [6.07, 6.45) is 3.52. The first-order chi connectivity index (χ1) is 13.2. The van der Waals surface area contributed by atoms with Gasteiger partial charge in [-0.3, -0.25) is 4.79 Å². The highest BCUT2D eigenvalue weighted by molar-refractivity contribution is 5.95. The van der Waals surface area contributed by atoms with Crippen LogP contribution in [0.4, 0.5) is 5.69 Å². The van der Waals surface area contributed by atoms with Crippen LogP contribution >= 0.6 is 0 Å². The van der Waals surface area contributed by atoms with E-state index in [1.54, 1.807) is 12.1 Å². The van der Waals surface area contributed by atoms with Gasteiger partial charge in [0.05, 0.1) is 5.41 Å². The van der Waals surface area contributed by atoms with Crippen molar-refractivity contribution in [2.24, 2.45) is 11.1 Å². The monoisotopic (exact) mass is 372 g/mol. The number of hydrogen-bond acceptors (Lipinski definition) is 7. The lowest BCUT2D eigenvalue weighted by atomic mass is 9.79. The molecular weight excluding hydrogens is 348 g/mol. The Balaban J connectivity index is 1.32. The van der Waals surface area contributed by atoms with E-state index in [1.165, 1.54) is 0 Å². The maximum absolute atomic E-state index is 12.7. The molecule has 27 heavy (non-hydrogen) atoms. The highest BCUT2D eigenvalue weighted by Crippen LogP contribution is 2.38. The van der Waals surface area contributed by atoms with Gasteiger partial charge in [0.15, 0.2) is 6.61 Å². The second kappa shape index (κ2) is 7.66. The van der Waals surface area contributed by atoms with Gasteiger partial charge in [-0.15, -0.1) is 0 Å². The zero-order valence-electron chi connectivity index (χ0n) is 15.1. The van der Waals surface area contributed by atoms with Gasteiger partial charge in [-0.05, 0) is 49.9 Å². The molecule has 1 aliphatic carbocycles. The molecule has 1 saturated carbocycles. The van der Waals surface area contributed by atoms with Crippen molar-refractivity contribution in [3.8, 4) is 5.75 Å². The Hall–Kier alpha value is -2.45. The van der Waals surface area contributed by atoms with E-state index < -0.39 is 5.41 Å². The van der Waals surface area contributed by atoms with Crippen LogP contribution < -0.4 is 15.8 Å². The Morgan fingerprint density at radius 3 is 2.67 bits per heavy atom. The molecule has 144 valence electrons. The summed E-state index contributed by atoms with van der Waals surface area (Å²) in [5.41, 5.74) is 6.04. The van der Waals surface area contributed by atoms with E-state index in [9.17, 15) is 4.79 Å². The van der Waals surface area contributed by atoms with Gasteiger partial charge < -0.3 is 25.0 Å². The molecule has 8 nitrogen and oxygen atoms in total. The predicted octanol–water partition coefficient (Wildman–Crippen LogP) is 2.22. The summed E-state index contributed by atoms with van der Waals surface area (Å²) in [4.78, 5) is 17.0. The van der Waals surface area contributed by atoms with E-state index in [4.69, 9.17) is 19.7 Å². The first-order valence-electron chi connectivity index (χ1n) is 9.33. The van der Waals surface area contributed by atoms with Crippen molar-refractivity contribution in [2.45, 2.75) is 38.2 Å². The molecule has 1 saturated heterocycles. The SMILES string of the molecule is NCC1(C(=O)Nc2ccc(OCc3noc(C4CC4)n3)cc2)CCOCC1. The highest BCUT2D eigenvalue weighted by Gasteiger charge is 2.38. The highest BCUT2D eigenvalue weighted by atomic mass is 16.5. The quantitative estimate of drug-likeness (QED) is 0.766. The van der Waals surface area contributed by atoms with E-state index in [2.05, 4.69) is 15.5 Å². The molecule has 2 aliphatic rings. The van der Waals surface area contributed by atoms with Crippen LogP contribution in [0.25, 0.3) is 0 Å². The molecule has 4 rings (SSSR count). The van der Waals surface area contributed by atoms with E-state index in [0.29, 0.717) is 61.7 Å². The summed E-state index contributed by atoms with van der Waals surface area (Å²) < 4.78 is 16.3. The number of ether oxygens (including phenoxy) is 2. The van der Waals surface area contributed by atoms with Gasteiger partial charge in [0.2, 0.25) is 17.6 Å². The molecule has 2 heterocycles. The number of nitrogens with two attached hydrogens (primary N) is 1. The van der Waals surface area contributed by atoms with Crippen molar-refractivity contribution >= 4 is 11.6 Å². The lowest BCUT2D eigenvalue weighted by molar-refractivity contribution is -0.130. The van der Waals surface area contributed by atoms with Crippen molar-refractivity contribution < 1.29 is 18.8 Å². The minimum Gasteiger partial charge on any atom is -0.485 e. The predicted molar refractivity (Wildman–Crippen MR) is 97.2 cm³/mol. The Labute approximate surface area is 157 Å². The van der Waals surface area contributed by atoms with Crippen LogP contribution in [0.3, 0.4) is 0 Å². The molecule has 1 aliphatic heterocycles. The molecule has 0 atom stereocenters. The number of carbonyl (C=O) groups is 1. The zero-order chi connectivity index (χ0) is 18.7. The van der Waals surface area contributed by atoms with Gasteiger partial charge in [0, 0.05) is 31.4 Å². The Bertz CT molecular complexity index is 779. The number of hydrogen-bond donors (Lipinski definition) is 2. The fourth-order valence-corrected chi connectivity index (χ4v) is 3.15.